The predicted molar refractivity (Wildman–Crippen MR) is 62.6 cm³/mol. The van der Waals surface area contributed by atoms with Crippen molar-refractivity contribution in [3.8, 4) is 6.07 Å². The summed E-state index contributed by atoms with van der Waals surface area (Å²) in [4.78, 5) is 3.96. The number of rotatable bonds is 4. The number of nitrogens with one attached hydrogen (secondary N) is 1. The molecule has 3 heteroatoms. The zero-order valence-electron chi connectivity index (χ0n) is 9.83. The summed E-state index contributed by atoms with van der Waals surface area (Å²) < 4.78 is 0. The normalized spacial score (nSPS) is 15.8. The molecule has 0 amide bonds. The molecule has 0 radical (unpaired) electrons. The molecule has 0 bridgehead atoms. The van der Waals surface area contributed by atoms with Gasteiger partial charge in [-0.2, -0.15) is 5.26 Å². The van der Waals surface area contributed by atoms with Crippen LogP contribution in [0.5, 0.6) is 0 Å². The van der Waals surface area contributed by atoms with E-state index in [0.717, 1.165) is 18.0 Å². The highest BCUT2D eigenvalue weighted by atomic mass is 15.0. The Bertz CT molecular complexity index is 413. The molecule has 1 fully saturated rings. The van der Waals surface area contributed by atoms with Crippen molar-refractivity contribution in [2.75, 3.05) is 0 Å². The zero-order valence-corrected chi connectivity index (χ0v) is 9.83. The summed E-state index contributed by atoms with van der Waals surface area (Å²) in [7, 11) is 0. The molecule has 1 aromatic heterocycles. The lowest BCUT2D eigenvalue weighted by molar-refractivity contribution is 0.339. The predicted octanol–water partition coefficient (Wildman–Crippen LogP) is 2.23. The fourth-order valence-corrected chi connectivity index (χ4v) is 1.92. The van der Waals surface area contributed by atoms with Gasteiger partial charge in [-0.15, -0.1) is 0 Å². The van der Waals surface area contributed by atoms with E-state index in [1.807, 2.05) is 12.1 Å². The quantitative estimate of drug-likeness (QED) is 0.838. The van der Waals surface area contributed by atoms with Crippen LogP contribution in [0.2, 0.25) is 0 Å². The molecule has 3 nitrogen and oxygen atoms in total. The molecule has 1 aliphatic rings. The lowest BCUT2D eigenvalue weighted by Gasteiger charge is -2.26. The van der Waals surface area contributed by atoms with Crippen LogP contribution in [0.15, 0.2) is 18.3 Å². The second kappa shape index (κ2) is 4.23. The largest absolute Gasteiger partial charge is 0.307 e. The molecule has 0 saturated heterocycles. The van der Waals surface area contributed by atoms with Gasteiger partial charge >= 0.3 is 0 Å². The SMILES string of the molecule is CC(C)(NCc1ccnc(C#N)c1)C1CC1. The molecule has 1 N–H and O–H groups in total. The van der Waals surface area contributed by atoms with E-state index in [1.54, 1.807) is 6.20 Å². The van der Waals surface area contributed by atoms with E-state index >= 15 is 0 Å². The van der Waals surface area contributed by atoms with Crippen molar-refractivity contribution in [1.29, 1.82) is 5.26 Å². The fourth-order valence-electron chi connectivity index (χ4n) is 1.92. The van der Waals surface area contributed by atoms with Gasteiger partial charge in [-0.3, -0.25) is 0 Å². The van der Waals surface area contributed by atoms with Crippen LogP contribution in [0, 0.1) is 17.2 Å². The van der Waals surface area contributed by atoms with Crippen molar-refractivity contribution in [1.82, 2.24) is 10.3 Å². The molecule has 0 atom stereocenters. The Labute approximate surface area is 96.5 Å². The number of aromatic nitrogens is 1. The van der Waals surface area contributed by atoms with Crippen LogP contribution in [0.4, 0.5) is 0 Å². The Morgan fingerprint density at radius 2 is 2.31 bits per heavy atom. The Morgan fingerprint density at radius 3 is 2.94 bits per heavy atom. The minimum Gasteiger partial charge on any atom is -0.307 e. The number of hydrogen-bond donors (Lipinski definition) is 1. The van der Waals surface area contributed by atoms with Gasteiger partial charge in [0.25, 0.3) is 0 Å². The Morgan fingerprint density at radius 1 is 1.56 bits per heavy atom. The van der Waals surface area contributed by atoms with Gasteiger partial charge in [0.15, 0.2) is 0 Å². The van der Waals surface area contributed by atoms with Gasteiger partial charge in [0, 0.05) is 18.3 Å². The van der Waals surface area contributed by atoms with Gasteiger partial charge < -0.3 is 5.32 Å². The molecule has 1 aliphatic carbocycles. The van der Waals surface area contributed by atoms with E-state index in [-0.39, 0.29) is 5.54 Å². The summed E-state index contributed by atoms with van der Waals surface area (Å²) >= 11 is 0. The van der Waals surface area contributed by atoms with E-state index in [9.17, 15) is 0 Å². The molecular formula is C13H17N3. The first kappa shape index (κ1) is 11.1. The average molecular weight is 215 g/mol. The third-order valence-electron chi connectivity index (χ3n) is 3.28. The van der Waals surface area contributed by atoms with Crippen LogP contribution in [0.25, 0.3) is 0 Å². The molecule has 2 rings (SSSR count). The van der Waals surface area contributed by atoms with Crippen molar-refractivity contribution in [2.45, 2.75) is 38.8 Å². The average Bonchev–Trinajstić information content (AvgIpc) is 3.11. The molecule has 0 spiro atoms. The van der Waals surface area contributed by atoms with E-state index in [4.69, 9.17) is 5.26 Å². The summed E-state index contributed by atoms with van der Waals surface area (Å²) in [6.45, 7) is 5.30. The van der Waals surface area contributed by atoms with Crippen LogP contribution in [-0.2, 0) is 6.54 Å². The Hall–Kier alpha value is -1.40. The molecule has 0 aliphatic heterocycles. The summed E-state index contributed by atoms with van der Waals surface area (Å²) in [5, 5.41) is 12.3. The highest BCUT2D eigenvalue weighted by molar-refractivity contribution is 5.25. The lowest BCUT2D eigenvalue weighted by atomic mass is 9.98. The standard InChI is InChI=1S/C13H17N3/c1-13(2,11-3-4-11)16-9-10-5-6-15-12(7-10)8-14/h5-7,11,16H,3-4,9H2,1-2H3. The fraction of sp³-hybridized carbons (Fsp3) is 0.538. The van der Waals surface area contributed by atoms with Crippen LogP contribution in [0.3, 0.4) is 0 Å². The van der Waals surface area contributed by atoms with Crippen molar-refractivity contribution < 1.29 is 0 Å². The Kier molecular flexibility index (Phi) is 2.93. The first-order valence-electron chi connectivity index (χ1n) is 5.72. The number of pyridine rings is 1. The summed E-state index contributed by atoms with van der Waals surface area (Å²) in [6.07, 6.45) is 4.36. The summed E-state index contributed by atoms with van der Waals surface area (Å²) in [6, 6.07) is 5.86. The monoisotopic (exact) mass is 215 g/mol. The van der Waals surface area contributed by atoms with Crippen LogP contribution < -0.4 is 5.32 Å². The topological polar surface area (TPSA) is 48.7 Å². The molecule has 0 unspecified atom stereocenters. The smallest absolute Gasteiger partial charge is 0.140 e. The maximum atomic E-state index is 8.76. The van der Waals surface area contributed by atoms with Gasteiger partial charge in [0.1, 0.15) is 11.8 Å². The summed E-state index contributed by atoms with van der Waals surface area (Å²) in [5.41, 5.74) is 1.82. The third kappa shape index (κ3) is 2.59. The van der Waals surface area contributed by atoms with E-state index in [2.05, 4.69) is 30.2 Å². The van der Waals surface area contributed by atoms with Crippen molar-refractivity contribution in [3.63, 3.8) is 0 Å². The molecule has 84 valence electrons. The van der Waals surface area contributed by atoms with E-state index < -0.39 is 0 Å². The van der Waals surface area contributed by atoms with Gasteiger partial charge in [-0.25, -0.2) is 4.98 Å². The molecule has 1 aromatic rings. The minimum absolute atomic E-state index is 0.204. The first-order valence-corrected chi connectivity index (χ1v) is 5.72. The Balaban J connectivity index is 1.96. The lowest BCUT2D eigenvalue weighted by Crippen LogP contribution is -2.40. The molecule has 1 heterocycles. The van der Waals surface area contributed by atoms with Crippen LogP contribution >= 0.6 is 0 Å². The van der Waals surface area contributed by atoms with Gasteiger partial charge in [-0.05, 0) is 50.3 Å². The maximum Gasteiger partial charge on any atom is 0.140 e. The van der Waals surface area contributed by atoms with E-state index in [0.29, 0.717) is 5.69 Å². The van der Waals surface area contributed by atoms with Crippen molar-refractivity contribution in [3.05, 3.63) is 29.6 Å². The van der Waals surface area contributed by atoms with Gasteiger partial charge in [-0.1, -0.05) is 0 Å². The highest BCUT2D eigenvalue weighted by Gasteiger charge is 2.36. The van der Waals surface area contributed by atoms with Crippen molar-refractivity contribution >= 4 is 0 Å². The van der Waals surface area contributed by atoms with Crippen molar-refractivity contribution in [2.24, 2.45) is 5.92 Å². The number of nitriles is 1. The molecular weight excluding hydrogens is 198 g/mol. The maximum absolute atomic E-state index is 8.76. The number of hydrogen-bond acceptors (Lipinski definition) is 3. The second-order valence-corrected chi connectivity index (χ2v) is 5.01. The zero-order chi connectivity index (χ0) is 11.6. The molecule has 16 heavy (non-hydrogen) atoms. The second-order valence-electron chi connectivity index (χ2n) is 5.01. The number of nitrogens with zero attached hydrogens (tertiary/aromatic N) is 2. The first-order chi connectivity index (χ1) is 7.62. The minimum atomic E-state index is 0.204. The van der Waals surface area contributed by atoms with Gasteiger partial charge in [0.2, 0.25) is 0 Å². The third-order valence-corrected chi connectivity index (χ3v) is 3.28. The molecule has 1 saturated carbocycles. The molecule has 0 aromatic carbocycles. The van der Waals surface area contributed by atoms with E-state index in [1.165, 1.54) is 12.8 Å². The van der Waals surface area contributed by atoms with Crippen LogP contribution in [-0.4, -0.2) is 10.5 Å². The van der Waals surface area contributed by atoms with Crippen LogP contribution in [0.1, 0.15) is 37.9 Å². The highest BCUT2D eigenvalue weighted by Crippen LogP contribution is 2.39. The van der Waals surface area contributed by atoms with Gasteiger partial charge in [0.05, 0.1) is 0 Å². The summed E-state index contributed by atoms with van der Waals surface area (Å²) in [5.74, 6) is 0.810.